The third kappa shape index (κ3) is 6.48. The van der Waals surface area contributed by atoms with E-state index in [1.165, 1.54) is 18.7 Å². The number of unbranched alkanes of at least 4 members (excludes halogenated alkanes) is 1. The SMILES string of the molecule is CCCCc1nccn1CC.O=[N+]([O-])O. The second kappa shape index (κ2) is 7.78. The highest BCUT2D eigenvalue weighted by Gasteiger charge is 1.98. The van der Waals surface area contributed by atoms with Gasteiger partial charge < -0.3 is 9.77 Å². The highest BCUT2D eigenvalue weighted by molar-refractivity contribution is 4.91. The fourth-order valence-electron chi connectivity index (χ4n) is 1.19. The summed E-state index contributed by atoms with van der Waals surface area (Å²) in [6.07, 6.45) is 7.55. The number of aromatic nitrogens is 2. The summed E-state index contributed by atoms with van der Waals surface area (Å²) in [6.45, 7) is 5.40. The van der Waals surface area contributed by atoms with Crippen molar-refractivity contribution in [2.45, 2.75) is 39.7 Å². The van der Waals surface area contributed by atoms with Gasteiger partial charge in [-0.05, 0) is 13.3 Å². The summed E-state index contributed by atoms with van der Waals surface area (Å²) in [5, 5.41) is 13.6. The lowest BCUT2D eigenvalue weighted by Crippen LogP contribution is -2.00. The second-order valence-electron chi connectivity index (χ2n) is 2.97. The number of aryl methyl sites for hydroxylation is 2. The van der Waals surface area contributed by atoms with Crippen molar-refractivity contribution in [1.82, 2.24) is 9.55 Å². The Balaban J connectivity index is 0.000000423. The third-order valence-electron chi connectivity index (χ3n) is 1.90. The molecule has 1 heterocycles. The Labute approximate surface area is 88.7 Å². The molecule has 0 fully saturated rings. The molecule has 0 atom stereocenters. The number of hydrogen-bond acceptors (Lipinski definition) is 3. The summed E-state index contributed by atoms with van der Waals surface area (Å²) in [5.74, 6) is 1.23. The van der Waals surface area contributed by atoms with Crippen LogP contribution in [0.3, 0.4) is 0 Å². The first-order valence-electron chi connectivity index (χ1n) is 4.95. The second-order valence-corrected chi connectivity index (χ2v) is 2.97. The molecule has 0 unspecified atom stereocenters. The standard InChI is InChI=1S/C9H16N2.HNO3/c1-3-5-6-9-10-7-8-11(9)4-2;2-1(3)4/h7-8H,3-6H2,1-2H3;(H,2,3,4). The Morgan fingerprint density at radius 1 is 1.60 bits per heavy atom. The fourth-order valence-corrected chi connectivity index (χ4v) is 1.19. The average molecular weight is 215 g/mol. The molecule has 0 aliphatic rings. The highest BCUT2D eigenvalue weighted by Crippen LogP contribution is 2.02. The maximum absolute atomic E-state index is 8.36. The van der Waals surface area contributed by atoms with Crippen LogP contribution in [-0.4, -0.2) is 19.8 Å². The van der Waals surface area contributed by atoms with Gasteiger partial charge in [-0.25, -0.2) is 4.98 Å². The molecule has 0 aliphatic heterocycles. The molecule has 86 valence electrons. The number of hydrogen-bond donors (Lipinski definition) is 1. The van der Waals surface area contributed by atoms with Crippen LogP contribution in [0.5, 0.6) is 0 Å². The van der Waals surface area contributed by atoms with Crippen LogP contribution in [0.4, 0.5) is 0 Å². The molecule has 0 radical (unpaired) electrons. The van der Waals surface area contributed by atoms with Gasteiger partial charge in [0, 0.05) is 25.4 Å². The van der Waals surface area contributed by atoms with Gasteiger partial charge in [0.1, 0.15) is 5.82 Å². The van der Waals surface area contributed by atoms with Crippen molar-refractivity contribution in [3.8, 4) is 0 Å². The minimum Gasteiger partial charge on any atom is -0.335 e. The number of rotatable bonds is 4. The van der Waals surface area contributed by atoms with Gasteiger partial charge in [0.25, 0.3) is 5.09 Å². The van der Waals surface area contributed by atoms with Crippen molar-refractivity contribution < 1.29 is 10.3 Å². The van der Waals surface area contributed by atoms with Crippen LogP contribution < -0.4 is 0 Å². The van der Waals surface area contributed by atoms with Gasteiger partial charge >= 0.3 is 0 Å². The van der Waals surface area contributed by atoms with Crippen LogP contribution in [0.1, 0.15) is 32.5 Å². The van der Waals surface area contributed by atoms with Gasteiger partial charge in [0.2, 0.25) is 0 Å². The zero-order valence-electron chi connectivity index (χ0n) is 9.09. The summed E-state index contributed by atoms with van der Waals surface area (Å²) in [6, 6.07) is 0. The summed E-state index contributed by atoms with van der Waals surface area (Å²) in [5.41, 5.74) is 0. The van der Waals surface area contributed by atoms with E-state index in [0.717, 1.165) is 13.0 Å². The monoisotopic (exact) mass is 215 g/mol. The van der Waals surface area contributed by atoms with E-state index in [1.54, 1.807) is 0 Å². The maximum Gasteiger partial charge on any atom is 0.291 e. The van der Waals surface area contributed by atoms with Gasteiger partial charge in [0.05, 0.1) is 0 Å². The molecule has 6 heteroatoms. The van der Waals surface area contributed by atoms with Crippen LogP contribution in [-0.2, 0) is 13.0 Å². The molecule has 1 aromatic rings. The fraction of sp³-hybridized carbons (Fsp3) is 0.667. The van der Waals surface area contributed by atoms with E-state index in [-0.39, 0.29) is 0 Å². The minimum atomic E-state index is -1.50. The summed E-state index contributed by atoms with van der Waals surface area (Å²) < 4.78 is 2.20. The van der Waals surface area contributed by atoms with E-state index >= 15 is 0 Å². The largest absolute Gasteiger partial charge is 0.335 e. The lowest BCUT2D eigenvalue weighted by atomic mass is 10.2. The molecular weight excluding hydrogens is 198 g/mol. The first-order valence-corrected chi connectivity index (χ1v) is 4.95. The van der Waals surface area contributed by atoms with Gasteiger partial charge in [-0.15, -0.1) is 10.1 Å². The summed E-state index contributed by atoms with van der Waals surface area (Å²) >= 11 is 0. The topological polar surface area (TPSA) is 81.2 Å². The van der Waals surface area contributed by atoms with E-state index in [9.17, 15) is 0 Å². The molecule has 1 aromatic heterocycles. The predicted octanol–water partition coefficient (Wildman–Crippen LogP) is 1.90. The summed E-state index contributed by atoms with van der Waals surface area (Å²) in [7, 11) is 0. The lowest BCUT2D eigenvalue weighted by Gasteiger charge is -2.02. The first kappa shape index (κ1) is 13.4. The molecule has 0 saturated carbocycles. The van der Waals surface area contributed by atoms with Crippen molar-refractivity contribution >= 4 is 0 Å². The normalized spacial score (nSPS) is 9.20. The van der Waals surface area contributed by atoms with Crippen LogP contribution >= 0.6 is 0 Å². The van der Waals surface area contributed by atoms with Crippen molar-refractivity contribution in [1.29, 1.82) is 0 Å². The molecule has 0 spiro atoms. The molecule has 1 rings (SSSR count). The lowest BCUT2D eigenvalue weighted by molar-refractivity contribution is -0.742. The van der Waals surface area contributed by atoms with Gasteiger partial charge in [-0.3, -0.25) is 0 Å². The van der Waals surface area contributed by atoms with E-state index in [4.69, 9.17) is 15.3 Å². The number of nitrogens with zero attached hydrogens (tertiary/aromatic N) is 3. The maximum atomic E-state index is 8.36. The molecule has 6 nitrogen and oxygen atoms in total. The van der Waals surface area contributed by atoms with E-state index in [0.29, 0.717) is 0 Å². The van der Waals surface area contributed by atoms with Gasteiger partial charge in [-0.2, -0.15) is 0 Å². The predicted molar refractivity (Wildman–Crippen MR) is 55.3 cm³/mol. The molecular formula is C9H17N3O3. The van der Waals surface area contributed by atoms with Crippen molar-refractivity contribution in [3.05, 3.63) is 28.3 Å². The van der Waals surface area contributed by atoms with Crippen LogP contribution in [0.2, 0.25) is 0 Å². The van der Waals surface area contributed by atoms with E-state index < -0.39 is 5.09 Å². The van der Waals surface area contributed by atoms with E-state index in [1.807, 2.05) is 12.4 Å². The molecule has 1 N–H and O–H groups in total. The zero-order chi connectivity index (χ0) is 11.7. The van der Waals surface area contributed by atoms with Crippen LogP contribution in [0.25, 0.3) is 0 Å². The first-order chi connectivity index (χ1) is 7.11. The van der Waals surface area contributed by atoms with Crippen molar-refractivity contribution in [2.24, 2.45) is 0 Å². The molecule has 0 amide bonds. The molecule has 0 aliphatic carbocycles. The van der Waals surface area contributed by atoms with E-state index in [2.05, 4.69) is 23.4 Å². The van der Waals surface area contributed by atoms with Crippen LogP contribution in [0, 0.1) is 10.1 Å². The number of imidazole rings is 1. The molecule has 0 saturated heterocycles. The van der Waals surface area contributed by atoms with Crippen molar-refractivity contribution in [3.63, 3.8) is 0 Å². The Kier molecular flexibility index (Phi) is 6.96. The third-order valence-corrected chi connectivity index (χ3v) is 1.90. The van der Waals surface area contributed by atoms with Crippen LogP contribution in [0.15, 0.2) is 12.4 Å². The van der Waals surface area contributed by atoms with Gasteiger partial charge in [0.15, 0.2) is 0 Å². The quantitative estimate of drug-likeness (QED) is 0.614. The average Bonchev–Trinajstić information content (AvgIpc) is 2.60. The minimum absolute atomic E-state index is 1.04. The Bertz CT molecular complexity index is 282. The van der Waals surface area contributed by atoms with Crippen molar-refractivity contribution in [2.75, 3.05) is 0 Å². The van der Waals surface area contributed by atoms with Gasteiger partial charge in [-0.1, -0.05) is 13.3 Å². The smallest absolute Gasteiger partial charge is 0.291 e. The molecule has 0 aromatic carbocycles. The highest BCUT2D eigenvalue weighted by atomic mass is 16.9. The Morgan fingerprint density at radius 3 is 2.67 bits per heavy atom. The molecule has 0 bridgehead atoms. The zero-order valence-corrected chi connectivity index (χ0v) is 9.09. The Hall–Kier alpha value is -1.59. The molecule has 15 heavy (non-hydrogen) atoms. The Morgan fingerprint density at radius 2 is 2.20 bits per heavy atom. The summed E-state index contributed by atoms with van der Waals surface area (Å²) in [4.78, 5) is 12.6.